The number of amides is 3. The summed E-state index contributed by atoms with van der Waals surface area (Å²) in [5, 5.41) is 6.56. The Bertz CT molecular complexity index is 1200. The lowest BCUT2D eigenvalue weighted by molar-refractivity contribution is -0.117. The van der Waals surface area contributed by atoms with Crippen LogP contribution in [-0.4, -0.2) is 32.8 Å². The van der Waals surface area contributed by atoms with Gasteiger partial charge in [-0.1, -0.05) is 35.0 Å². The van der Waals surface area contributed by atoms with E-state index in [9.17, 15) is 14.4 Å². The highest BCUT2D eigenvalue weighted by molar-refractivity contribution is 7.99. The van der Waals surface area contributed by atoms with Gasteiger partial charge in [0.1, 0.15) is 0 Å². The Hall–Kier alpha value is -2.55. The largest absolute Gasteiger partial charge is 0.333 e. The fourth-order valence-electron chi connectivity index (χ4n) is 2.72. The summed E-state index contributed by atoms with van der Waals surface area (Å²) in [4.78, 5) is 41.9. The molecule has 0 aliphatic rings. The first-order chi connectivity index (χ1) is 14.5. The number of carbonyl (C=O) groups excluding carboxylic acids is 2. The van der Waals surface area contributed by atoms with E-state index in [-0.39, 0.29) is 16.5 Å². The smallest absolute Gasteiger partial charge is 0.321 e. The highest BCUT2D eigenvalue weighted by Crippen LogP contribution is 2.23. The number of nitrogens with zero attached hydrogens (tertiary/aromatic N) is 2. The normalized spacial score (nSPS) is 11.4. The average Bonchev–Trinajstić information content (AvgIpc) is 2.65. The molecule has 0 aliphatic carbocycles. The zero-order valence-electron chi connectivity index (χ0n) is 17.0. The average molecular weight is 479 g/mol. The van der Waals surface area contributed by atoms with Crippen molar-refractivity contribution >= 4 is 57.8 Å². The van der Waals surface area contributed by atoms with Crippen molar-refractivity contribution in [2.24, 2.45) is 0 Å². The Morgan fingerprint density at radius 3 is 2.35 bits per heavy atom. The highest BCUT2D eigenvalue weighted by atomic mass is 35.5. The minimum absolute atomic E-state index is 0.121. The van der Waals surface area contributed by atoms with Gasteiger partial charge in [-0.15, -0.1) is 0 Å². The molecule has 2 N–H and O–H groups in total. The number of hydrogen-bond acceptors (Lipinski definition) is 5. The topological polar surface area (TPSA) is 93.1 Å². The molecule has 3 aromatic rings. The molecule has 31 heavy (non-hydrogen) atoms. The van der Waals surface area contributed by atoms with Crippen LogP contribution in [0.2, 0.25) is 10.0 Å². The first-order valence-corrected chi connectivity index (χ1v) is 11.0. The molecule has 0 saturated carbocycles. The fraction of sp³-hybridized carbons (Fsp3) is 0.238. The number of rotatable bonds is 4. The van der Waals surface area contributed by atoms with E-state index in [0.717, 1.165) is 11.8 Å². The lowest BCUT2D eigenvalue weighted by Gasteiger charge is -2.20. The lowest BCUT2D eigenvalue weighted by atomic mass is 10.1. The number of hydrogen-bond donors (Lipinski definition) is 2. The van der Waals surface area contributed by atoms with E-state index >= 15 is 0 Å². The summed E-state index contributed by atoms with van der Waals surface area (Å²) in [6.07, 6.45) is 0. The van der Waals surface area contributed by atoms with E-state index in [1.165, 1.54) is 4.57 Å². The molecule has 0 saturated heterocycles. The molecule has 0 atom stereocenters. The van der Waals surface area contributed by atoms with Gasteiger partial charge in [0.25, 0.3) is 5.56 Å². The first kappa shape index (κ1) is 23.1. The van der Waals surface area contributed by atoms with Gasteiger partial charge in [0.15, 0.2) is 5.16 Å². The fourth-order valence-corrected chi connectivity index (χ4v) is 3.82. The van der Waals surface area contributed by atoms with Crippen molar-refractivity contribution < 1.29 is 9.59 Å². The van der Waals surface area contributed by atoms with Gasteiger partial charge in [0, 0.05) is 15.6 Å². The van der Waals surface area contributed by atoms with Crippen LogP contribution in [0.1, 0.15) is 20.8 Å². The molecule has 162 valence electrons. The maximum Gasteiger partial charge on any atom is 0.321 e. The van der Waals surface area contributed by atoms with Gasteiger partial charge in [-0.25, -0.2) is 9.78 Å². The number of benzene rings is 2. The van der Waals surface area contributed by atoms with Crippen molar-refractivity contribution in [3.63, 3.8) is 0 Å². The van der Waals surface area contributed by atoms with Crippen LogP contribution in [0.15, 0.2) is 52.4 Å². The van der Waals surface area contributed by atoms with Crippen LogP contribution in [0.25, 0.3) is 16.6 Å². The Labute approximate surface area is 193 Å². The Morgan fingerprint density at radius 2 is 1.71 bits per heavy atom. The van der Waals surface area contributed by atoms with Gasteiger partial charge in [0.2, 0.25) is 5.91 Å². The van der Waals surface area contributed by atoms with E-state index in [1.54, 1.807) is 63.2 Å². The molecule has 0 unspecified atom stereocenters. The summed E-state index contributed by atoms with van der Waals surface area (Å²) < 4.78 is 1.40. The number of thioether (sulfide) groups is 1. The lowest BCUT2D eigenvalue weighted by Crippen LogP contribution is -2.48. The second-order valence-electron chi connectivity index (χ2n) is 7.71. The van der Waals surface area contributed by atoms with Crippen LogP contribution in [0.5, 0.6) is 0 Å². The van der Waals surface area contributed by atoms with Crippen molar-refractivity contribution in [3.8, 4) is 5.69 Å². The minimum Gasteiger partial charge on any atom is -0.333 e. The molecule has 2 aromatic carbocycles. The van der Waals surface area contributed by atoms with Crippen molar-refractivity contribution in [3.05, 3.63) is 62.9 Å². The quantitative estimate of drug-likeness (QED) is 0.427. The van der Waals surface area contributed by atoms with Gasteiger partial charge >= 0.3 is 6.03 Å². The van der Waals surface area contributed by atoms with Crippen LogP contribution in [0.3, 0.4) is 0 Å². The molecular formula is C21H20Cl2N4O3S. The monoisotopic (exact) mass is 478 g/mol. The molecule has 3 rings (SSSR count). The molecule has 0 aliphatic heterocycles. The van der Waals surface area contributed by atoms with Gasteiger partial charge in [0.05, 0.1) is 22.3 Å². The SMILES string of the molecule is CC(C)(C)NC(=O)NC(=O)CSc1nc2cc(Cl)ccc2c(=O)n1-c1ccc(Cl)cc1. The third-order valence-electron chi connectivity index (χ3n) is 3.96. The minimum atomic E-state index is -0.591. The summed E-state index contributed by atoms with van der Waals surface area (Å²) in [6, 6.07) is 10.9. The van der Waals surface area contributed by atoms with Gasteiger partial charge < -0.3 is 5.32 Å². The molecule has 0 spiro atoms. The number of fused-ring (bicyclic) bond motifs is 1. The molecule has 3 amide bonds. The van der Waals surface area contributed by atoms with Gasteiger partial charge in [-0.2, -0.15) is 0 Å². The van der Waals surface area contributed by atoms with E-state index in [4.69, 9.17) is 23.2 Å². The molecule has 10 heteroatoms. The predicted octanol–water partition coefficient (Wildman–Crippen LogP) is 4.41. The van der Waals surface area contributed by atoms with E-state index in [2.05, 4.69) is 15.6 Å². The summed E-state index contributed by atoms with van der Waals surface area (Å²) in [6.45, 7) is 5.42. The zero-order chi connectivity index (χ0) is 22.8. The summed E-state index contributed by atoms with van der Waals surface area (Å²) in [7, 11) is 0. The highest BCUT2D eigenvalue weighted by Gasteiger charge is 2.18. The third-order valence-corrected chi connectivity index (χ3v) is 5.38. The van der Waals surface area contributed by atoms with Crippen LogP contribution in [0.4, 0.5) is 4.79 Å². The van der Waals surface area contributed by atoms with Gasteiger partial charge in [-0.05, 0) is 63.2 Å². The first-order valence-electron chi connectivity index (χ1n) is 9.26. The van der Waals surface area contributed by atoms with Crippen molar-refractivity contribution in [1.82, 2.24) is 20.2 Å². The second kappa shape index (κ2) is 9.30. The maximum atomic E-state index is 13.2. The summed E-state index contributed by atoms with van der Waals surface area (Å²) >= 11 is 13.1. The van der Waals surface area contributed by atoms with Crippen LogP contribution >= 0.6 is 35.0 Å². The maximum absolute atomic E-state index is 13.2. The molecule has 0 radical (unpaired) electrons. The molecular weight excluding hydrogens is 459 g/mol. The van der Waals surface area contributed by atoms with Crippen LogP contribution in [0, 0.1) is 0 Å². The molecule has 1 aromatic heterocycles. The molecule has 1 heterocycles. The van der Waals surface area contributed by atoms with Gasteiger partial charge in [-0.3, -0.25) is 19.5 Å². The number of halogens is 2. The Kier molecular flexibility index (Phi) is 6.93. The Morgan fingerprint density at radius 1 is 1.06 bits per heavy atom. The van der Waals surface area contributed by atoms with Crippen LogP contribution < -0.4 is 16.2 Å². The van der Waals surface area contributed by atoms with E-state index in [0.29, 0.717) is 26.6 Å². The molecule has 0 bridgehead atoms. The van der Waals surface area contributed by atoms with E-state index < -0.39 is 17.5 Å². The number of urea groups is 1. The zero-order valence-corrected chi connectivity index (χ0v) is 19.4. The summed E-state index contributed by atoms with van der Waals surface area (Å²) in [5.74, 6) is -0.640. The standard InChI is InChI=1S/C21H20Cl2N4O3S/c1-21(2,3)26-19(30)25-17(28)11-31-20-24-16-10-13(23)6-9-15(16)18(29)27(20)14-7-4-12(22)5-8-14/h4-10H,11H2,1-3H3,(H2,25,26,28,30). The van der Waals surface area contributed by atoms with Crippen molar-refractivity contribution in [1.29, 1.82) is 0 Å². The number of carbonyl (C=O) groups is 2. The Balaban J connectivity index is 1.93. The predicted molar refractivity (Wildman–Crippen MR) is 125 cm³/mol. The number of nitrogens with one attached hydrogen (secondary N) is 2. The molecule has 0 fully saturated rings. The number of imide groups is 1. The third kappa shape index (κ3) is 6.00. The number of aromatic nitrogens is 2. The molecule has 7 nitrogen and oxygen atoms in total. The second-order valence-corrected chi connectivity index (χ2v) is 9.53. The van der Waals surface area contributed by atoms with Crippen molar-refractivity contribution in [2.75, 3.05) is 5.75 Å². The van der Waals surface area contributed by atoms with Crippen LogP contribution in [-0.2, 0) is 4.79 Å². The summed E-state index contributed by atoms with van der Waals surface area (Å²) in [5.41, 5.74) is 0.173. The van der Waals surface area contributed by atoms with Crippen molar-refractivity contribution in [2.45, 2.75) is 31.5 Å². The van der Waals surface area contributed by atoms with E-state index in [1.807, 2.05) is 0 Å².